The second kappa shape index (κ2) is 8.78. The van der Waals surface area contributed by atoms with E-state index in [0.717, 1.165) is 16.8 Å². The van der Waals surface area contributed by atoms with E-state index < -0.39 is 6.04 Å². The third-order valence-electron chi connectivity index (χ3n) is 4.84. The van der Waals surface area contributed by atoms with Crippen LogP contribution in [0.15, 0.2) is 42.5 Å². The van der Waals surface area contributed by atoms with Gasteiger partial charge in [-0.3, -0.25) is 14.5 Å². The fourth-order valence-electron chi connectivity index (χ4n) is 3.48. The zero-order chi connectivity index (χ0) is 20.1. The fourth-order valence-corrected chi connectivity index (χ4v) is 3.48. The number of nitrogens with one attached hydrogen (secondary N) is 1. The van der Waals surface area contributed by atoms with Crippen LogP contribution in [0, 0.1) is 0 Å². The molecule has 1 atom stereocenters. The largest absolute Gasteiger partial charge is 0.493 e. The molecular formula is C22H26N2O4. The van der Waals surface area contributed by atoms with Gasteiger partial charge in [0.05, 0.1) is 13.7 Å². The van der Waals surface area contributed by atoms with Crippen LogP contribution in [-0.4, -0.2) is 31.6 Å². The van der Waals surface area contributed by atoms with E-state index in [1.54, 1.807) is 12.0 Å². The van der Waals surface area contributed by atoms with Crippen molar-refractivity contribution in [3.63, 3.8) is 0 Å². The molecule has 6 heteroatoms. The van der Waals surface area contributed by atoms with E-state index >= 15 is 0 Å². The predicted molar refractivity (Wildman–Crippen MR) is 108 cm³/mol. The molecule has 2 aromatic carbocycles. The van der Waals surface area contributed by atoms with Crippen LogP contribution in [0.2, 0.25) is 0 Å². The van der Waals surface area contributed by atoms with Gasteiger partial charge in [-0.2, -0.15) is 0 Å². The number of anilines is 1. The van der Waals surface area contributed by atoms with Crippen LogP contribution >= 0.6 is 0 Å². The van der Waals surface area contributed by atoms with Crippen LogP contribution in [0.25, 0.3) is 0 Å². The van der Waals surface area contributed by atoms with E-state index in [4.69, 9.17) is 9.47 Å². The van der Waals surface area contributed by atoms with Crippen molar-refractivity contribution in [2.75, 3.05) is 18.6 Å². The van der Waals surface area contributed by atoms with Gasteiger partial charge < -0.3 is 14.8 Å². The number of amides is 2. The van der Waals surface area contributed by atoms with Crippen LogP contribution in [-0.2, 0) is 22.6 Å². The van der Waals surface area contributed by atoms with Gasteiger partial charge in [0.15, 0.2) is 11.5 Å². The lowest BCUT2D eigenvalue weighted by Gasteiger charge is -2.24. The Kier molecular flexibility index (Phi) is 6.19. The molecule has 1 heterocycles. The van der Waals surface area contributed by atoms with Crippen molar-refractivity contribution in [3.8, 4) is 11.5 Å². The third-order valence-corrected chi connectivity index (χ3v) is 4.84. The number of hydrogen-bond donors (Lipinski definition) is 1. The molecule has 0 unspecified atom stereocenters. The number of benzene rings is 2. The predicted octanol–water partition coefficient (Wildman–Crippen LogP) is 3.08. The van der Waals surface area contributed by atoms with Crippen molar-refractivity contribution in [3.05, 3.63) is 53.6 Å². The van der Waals surface area contributed by atoms with Crippen molar-refractivity contribution < 1.29 is 19.1 Å². The number of nitrogens with zero attached hydrogens (tertiary/aromatic N) is 1. The first-order valence-corrected chi connectivity index (χ1v) is 9.56. The van der Waals surface area contributed by atoms with Crippen LogP contribution in [0.1, 0.15) is 31.4 Å². The Labute approximate surface area is 165 Å². The van der Waals surface area contributed by atoms with Crippen LogP contribution in [0.4, 0.5) is 5.69 Å². The minimum absolute atomic E-state index is 0.0483. The number of ether oxygens (including phenoxy) is 2. The van der Waals surface area contributed by atoms with Crippen molar-refractivity contribution >= 4 is 17.5 Å². The Bertz CT molecular complexity index is 865. The second-order valence-electron chi connectivity index (χ2n) is 6.60. The van der Waals surface area contributed by atoms with Crippen LogP contribution < -0.4 is 19.7 Å². The SMILES string of the molecule is CCOc1ccc(CNC(=O)[C@H]2Cc3ccccc3N2C(=O)CC)cc1OC. The molecule has 0 saturated carbocycles. The zero-order valence-corrected chi connectivity index (χ0v) is 16.5. The average molecular weight is 382 g/mol. The molecular weight excluding hydrogens is 356 g/mol. The van der Waals surface area contributed by atoms with E-state index in [2.05, 4.69) is 5.32 Å². The van der Waals surface area contributed by atoms with Gasteiger partial charge >= 0.3 is 0 Å². The average Bonchev–Trinajstić information content (AvgIpc) is 3.12. The molecule has 1 aliphatic heterocycles. The summed E-state index contributed by atoms with van der Waals surface area (Å²) in [7, 11) is 1.59. The molecule has 2 amide bonds. The summed E-state index contributed by atoms with van der Waals surface area (Å²) in [6.45, 7) is 4.62. The Hall–Kier alpha value is -3.02. The lowest BCUT2D eigenvalue weighted by Crippen LogP contribution is -2.47. The molecule has 0 radical (unpaired) electrons. The van der Waals surface area contributed by atoms with E-state index in [0.29, 0.717) is 37.5 Å². The Morgan fingerprint density at radius 1 is 1.14 bits per heavy atom. The molecule has 0 fully saturated rings. The third kappa shape index (κ3) is 3.96. The molecule has 0 bridgehead atoms. The Balaban J connectivity index is 1.72. The number of para-hydroxylation sites is 1. The van der Waals surface area contributed by atoms with E-state index in [-0.39, 0.29) is 11.8 Å². The molecule has 2 aromatic rings. The molecule has 0 aromatic heterocycles. The van der Waals surface area contributed by atoms with Crippen molar-refractivity contribution in [2.24, 2.45) is 0 Å². The molecule has 1 N–H and O–H groups in total. The molecule has 0 spiro atoms. The molecule has 1 aliphatic rings. The summed E-state index contributed by atoms with van der Waals surface area (Å²) in [6.07, 6.45) is 0.883. The first kappa shape index (κ1) is 19.7. The van der Waals surface area contributed by atoms with Crippen molar-refractivity contribution in [1.29, 1.82) is 0 Å². The van der Waals surface area contributed by atoms with Gasteiger partial charge in [0.2, 0.25) is 11.8 Å². The van der Waals surface area contributed by atoms with Gasteiger partial charge in [0.25, 0.3) is 0 Å². The monoisotopic (exact) mass is 382 g/mol. The lowest BCUT2D eigenvalue weighted by molar-refractivity contribution is -0.126. The highest BCUT2D eigenvalue weighted by molar-refractivity contribution is 6.03. The Morgan fingerprint density at radius 2 is 1.93 bits per heavy atom. The van der Waals surface area contributed by atoms with Gasteiger partial charge in [-0.1, -0.05) is 31.2 Å². The van der Waals surface area contributed by atoms with Gasteiger partial charge in [-0.15, -0.1) is 0 Å². The fraction of sp³-hybridized carbons (Fsp3) is 0.364. The maximum Gasteiger partial charge on any atom is 0.243 e. The summed E-state index contributed by atoms with van der Waals surface area (Å²) in [5.41, 5.74) is 2.75. The number of fused-ring (bicyclic) bond motifs is 1. The molecule has 0 aliphatic carbocycles. The highest BCUT2D eigenvalue weighted by Gasteiger charge is 2.37. The normalized spacial score (nSPS) is 15.1. The topological polar surface area (TPSA) is 67.9 Å². The minimum Gasteiger partial charge on any atom is -0.493 e. The second-order valence-corrected chi connectivity index (χ2v) is 6.60. The highest BCUT2D eigenvalue weighted by atomic mass is 16.5. The number of rotatable bonds is 7. The van der Waals surface area contributed by atoms with E-state index in [9.17, 15) is 9.59 Å². The first-order valence-electron chi connectivity index (χ1n) is 9.56. The van der Waals surface area contributed by atoms with E-state index in [1.165, 1.54) is 0 Å². The Morgan fingerprint density at radius 3 is 2.64 bits per heavy atom. The standard InChI is InChI=1S/C22H26N2O4/c1-4-21(25)24-17-9-7-6-8-16(17)13-18(24)22(26)23-14-15-10-11-19(28-5-2)20(12-15)27-3/h6-12,18H,4-5,13-14H2,1-3H3,(H,23,26)/t18-/m1/s1. The quantitative estimate of drug-likeness (QED) is 0.799. The maximum absolute atomic E-state index is 12.9. The summed E-state index contributed by atoms with van der Waals surface area (Å²) >= 11 is 0. The summed E-state index contributed by atoms with van der Waals surface area (Å²) in [4.78, 5) is 27.0. The van der Waals surface area contributed by atoms with Gasteiger partial charge in [0, 0.05) is 25.1 Å². The van der Waals surface area contributed by atoms with Crippen LogP contribution in [0.3, 0.4) is 0 Å². The molecule has 3 rings (SSSR count). The van der Waals surface area contributed by atoms with Gasteiger partial charge in [-0.25, -0.2) is 0 Å². The summed E-state index contributed by atoms with van der Waals surface area (Å²) in [5, 5.41) is 2.96. The summed E-state index contributed by atoms with van der Waals surface area (Å²) < 4.78 is 10.9. The lowest BCUT2D eigenvalue weighted by atomic mass is 10.1. The summed E-state index contributed by atoms with van der Waals surface area (Å²) in [6, 6.07) is 12.7. The number of carbonyl (C=O) groups is 2. The van der Waals surface area contributed by atoms with Crippen molar-refractivity contribution in [2.45, 2.75) is 39.3 Å². The summed E-state index contributed by atoms with van der Waals surface area (Å²) in [5.74, 6) is 1.09. The minimum atomic E-state index is -0.519. The van der Waals surface area contributed by atoms with Crippen molar-refractivity contribution in [1.82, 2.24) is 5.32 Å². The molecule has 6 nitrogen and oxygen atoms in total. The smallest absolute Gasteiger partial charge is 0.243 e. The number of carbonyl (C=O) groups excluding carboxylic acids is 2. The number of methoxy groups -OCH3 is 1. The van der Waals surface area contributed by atoms with Gasteiger partial charge in [-0.05, 0) is 36.2 Å². The number of hydrogen-bond acceptors (Lipinski definition) is 4. The molecule has 0 saturated heterocycles. The van der Waals surface area contributed by atoms with Crippen LogP contribution in [0.5, 0.6) is 11.5 Å². The molecule has 148 valence electrons. The van der Waals surface area contributed by atoms with Gasteiger partial charge in [0.1, 0.15) is 6.04 Å². The maximum atomic E-state index is 12.9. The first-order chi connectivity index (χ1) is 13.6. The molecule has 28 heavy (non-hydrogen) atoms. The zero-order valence-electron chi connectivity index (χ0n) is 16.5. The van der Waals surface area contributed by atoms with E-state index in [1.807, 2.05) is 56.3 Å². The highest BCUT2D eigenvalue weighted by Crippen LogP contribution is 2.33.